The third kappa shape index (κ3) is 0.971. The summed E-state index contributed by atoms with van der Waals surface area (Å²) < 4.78 is 0. The van der Waals surface area contributed by atoms with Gasteiger partial charge in [0, 0.05) is 6.04 Å². The van der Waals surface area contributed by atoms with Gasteiger partial charge in [-0.1, -0.05) is 20.8 Å². The smallest absolute Gasteiger partial charge is 0.00442 e. The van der Waals surface area contributed by atoms with Crippen molar-refractivity contribution >= 4 is 0 Å². The lowest BCUT2D eigenvalue weighted by Crippen LogP contribution is -2.40. The molecule has 0 unspecified atom stereocenters. The zero-order valence-corrected chi connectivity index (χ0v) is 9.43. The fourth-order valence-corrected chi connectivity index (χ4v) is 4.06. The Kier molecular flexibility index (Phi) is 1.83. The molecule has 4 atom stereocenters. The maximum atomic E-state index is 6.09. The summed E-state index contributed by atoms with van der Waals surface area (Å²) in [6.45, 7) is 9.56. The quantitative estimate of drug-likeness (QED) is 0.661. The number of rotatable bonds is 1. The minimum absolute atomic E-state index is 0.384. The Balaban J connectivity index is 2.33. The Bertz CT molecular complexity index is 219. The van der Waals surface area contributed by atoms with Crippen molar-refractivity contribution < 1.29 is 0 Å². The second kappa shape index (κ2) is 2.50. The number of nitrogens with two attached hydrogens (primary N) is 1. The van der Waals surface area contributed by atoms with Gasteiger partial charge in [0.15, 0.2) is 0 Å². The summed E-state index contributed by atoms with van der Waals surface area (Å²) in [5, 5.41) is 0. The van der Waals surface area contributed by atoms with Crippen molar-refractivity contribution in [3.05, 3.63) is 0 Å². The maximum absolute atomic E-state index is 6.09. The zero-order valence-electron chi connectivity index (χ0n) is 9.43. The first kappa shape index (κ1) is 9.51. The van der Waals surface area contributed by atoms with Crippen molar-refractivity contribution in [1.29, 1.82) is 0 Å². The molecule has 2 bridgehead atoms. The lowest BCUT2D eigenvalue weighted by atomic mass is 9.65. The fraction of sp³-hybridized carbons (Fsp3) is 1.00. The molecule has 2 saturated carbocycles. The summed E-state index contributed by atoms with van der Waals surface area (Å²) in [4.78, 5) is 0. The van der Waals surface area contributed by atoms with Gasteiger partial charge in [-0.05, 0) is 48.9 Å². The highest BCUT2D eigenvalue weighted by Gasteiger charge is 2.61. The molecule has 0 saturated heterocycles. The van der Waals surface area contributed by atoms with Crippen LogP contribution in [-0.2, 0) is 0 Å². The first-order valence-electron chi connectivity index (χ1n) is 5.65. The SMILES string of the molecule is C[C@H](N)[C@@H]1C[C@@H]2CC[C@@]1(C)C2(C)C. The first-order chi connectivity index (χ1) is 5.89. The molecule has 2 aliphatic rings. The van der Waals surface area contributed by atoms with Crippen LogP contribution in [0, 0.1) is 22.7 Å². The molecular formula is C12H23N. The van der Waals surface area contributed by atoms with Crippen LogP contribution in [0.15, 0.2) is 0 Å². The van der Waals surface area contributed by atoms with Gasteiger partial charge in [-0.25, -0.2) is 0 Å². The molecule has 2 N–H and O–H groups in total. The van der Waals surface area contributed by atoms with Crippen LogP contribution in [0.25, 0.3) is 0 Å². The summed E-state index contributed by atoms with van der Waals surface area (Å²) in [5.41, 5.74) is 7.14. The molecule has 2 aliphatic carbocycles. The van der Waals surface area contributed by atoms with Crippen LogP contribution in [0.5, 0.6) is 0 Å². The van der Waals surface area contributed by atoms with Crippen molar-refractivity contribution in [3.8, 4) is 0 Å². The molecule has 2 fully saturated rings. The van der Waals surface area contributed by atoms with Crippen molar-refractivity contribution in [1.82, 2.24) is 0 Å². The van der Waals surface area contributed by atoms with Crippen LogP contribution in [0.3, 0.4) is 0 Å². The van der Waals surface area contributed by atoms with E-state index in [0.717, 1.165) is 11.8 Å². The zero-order chi connectivity index (χ0) is 9.85. The Labute approximate surface area is 82.1 Å². The molecule has 0 amide bonds. The van der Waals surface area contributed by atoms with Crippen molar-refractivity contribution in [3.63, 3.8) is 0 Å². The van der Waals surface area contributed by atoms with E-state index < -0.39 is 0 Å². The maximum Gasteiger partial charge on any atom is 0.00442 e. The van der Waals surface area contributed by atoms with Gasteiger partial charge < -0.3 is 5.73 Å². The molecule has 0 aromatic rings. The third-order valence-electron chi connectivity index (χ3n) is 5.50. The van der Waals surface area contributed by atoms with E-state index in [1.54, 1.807) is 0 Å². The molecule has 1 heteroatoms. The Morgan fingerprint density at radius 1 is 1.31 bits per heavy atom. The van der Waals surface area contributed by atoms with Crippen LogP contribution in [0.2, 0.25) is 0 Å². The summed E-state index contributed by atoms with van der Waals surface area (Å²) in [5.74, 6) is 1.70. The van der Waals surface area contributed by atoms with E-state index in [9.17, 15) is 0 Å². The number of hydrogen-bond donors (Lipinski definition) is 1. The second-order valence-electron chi connectivity index (χ2n) is 6.08. The van der Waals surface area contributed by atoms with Crippen molar-refractivity contribution in [2.45, 2.75) is 53.0 Å². The van der Waals surface area contributed by atoms with E-state index in [0.29, 0.717) is 16.9 Å². The van der Waals surface area contributed by atoms with Crippen LogP contribution in [0.1, 0.15) is 47.0 Å². The average Bonchev–Trinajstić information content (AvgIpc) is 2.34. The second-order valence-corrected chi connectivity index (χ2v) is 6.08. The molecule has 13 heavy (non-hydrogen) atoms. The predicted octanol–water partition coefficient (Wildman–Crippen LogP) is 2.80. The predicted molar refractivity (Wildman–Crippen MR) is 56.4 cm³/mol. The average molecular weight is 181 g/mol. The molecule has 0 aromatic carbocycles. The van der Waals surface area contributed by atoms with E-state index in [1.807, 2.05) is 0 Å². The molecule has 0 aromatic heterocycles. The Morgan fingerprint density at radius 2 is 1.92 bits per heavy atom. The minimum atomic E-state index is 0.384. The lowest BCUT2D eigenvalue weighted by molar-refractivity contribution is 0.0911. The lowest BCUT2D eigenvalue weighted by Gasteiger charge is -2.41. The highest BCUT2D eigenvalue weighted by Crippen LogP contribution is 2.68. The Morgan fingerprint density at radius 3 is 2.15 bits per heavy atom. The molecule has 0 aliphatic heterocycles. The van der Waals surface area contributed by atoms with Crippen molar-refractivity contribution in [2.75, 3.05) is 0 Å². The van der Waals surface area contributed by atoms with Crippen LogP contribution < -0.4 is 5.73 Å². The van der Waals surface area contributed by atoms with Gasteiger partial charge in [0.2, 0.25) is 0 Å². The molecule has 0 heterocycles. The van der Waals surface area contributed by atoms with Gasteiger partial charge in [-0.3, -0.25) is 0 Å². The van der Waals surface area contributed by atoms with Gasteiger partial charge in [-0.15, -0.1) is 0 Å². The molecule has 76 valence electrons. The number of hydrogen-bond acceptors (Lipinski definition) is 1. The van der Waals surface area contributed by atoms with E-state index >= 15 is 0 Å². The van der Waals surface area contributed by atoms with E-state index in [1.165, 1.54) is 19.3 Å². The van der Waals surface area contributed by atoms with Crippen molar-refractivity contribution in [2.24, 2.45) is 28.4 Å². The third-order valence-corrected chi connectivity index (χ3v) is 5.50. The highest BCUT2D eigenvalue weighted by atomic mass is 14.7. The van der Waals surface area contributed by atoms with E-state index in [4.69, 9.17) is 5.73 Å². The summed E-state index contributed by atoms with van der Waals surface area (Å²) in [6.07, 6.45) is 4.21. The fourth-order valence-electron chi connectivity index (χ4n) is 4.06. The van der Waals surface area contributed by atoms with Crippen LogP contribution in [-0.4, -0.2) is 6.04 Å². The number of fused-ring (bicyclic) bond motifs is 2. The molecule has 1 nitrogen and oxygen atoms in total. The van der Waals surface area contributed by atoms with Crippen LogP contribution >= 0.6 is 0 Å². The topological polar surface area (TPSA) is 26.0 Å². The Hall–Kier alpha value is -0.0400. The van der Waals surface area contributed by atoms with E-state index in [-0.39, 0.29) is 0 Å². The first-order valence-corrected chi connectivity index (χ1v) is 5.65. The normalized spacial score (nSPS) is 49.6. The molecule has 0 spiro atoms. The van der Waals surface area contributed by atoms with E-state index in [2.05, 4.69) is 27.7 Å². The molecular weight excluding hydrogens is 158 g/mol. The largest absolute Gasteiger partial charge is 0.328 e. The summed E-state index contributed by atoms with van der Waals surface area (Å²) in [7, 11) is 0. The summed E-state index contributed by atoms with van der Waals surface area (Å²) in [6, 6.07) is 0.384. The minimum Gasteiger partial charge on any atom is -0.328 e. The van der Waals surface area contributed by atoms with Gasteiger partial charge in [0.1, 0.15) is 0 Å². The van der Waals surface area contributed by atoms with Gasteiger partial charge in [0.05, 0.1) is 0 Å². The summed E-state index contributed by atoms with van der Waals surface area (Å²) >= 11 is 0. The van der Waals surface area contributed by atoms with Crippen LogP contribution in [0.4, 0.5) is 0 Å². The highest BCUT2D eigenvalue weighted by molar-refractivity contribution is 5.11. The monoisotopic (exact) mass is 181 g/mol. The molecule has 2 rings (SSSR count). The molecule has 0 radical (unpaired) electrons. The van der Waals surface area contributed by atoms with Gasteiger partial charge in [0.25, 0.3) is 0 Å². The van der Waals surface area contributed by atoms with Gasteiger partial charge >= 0.3 is 0 Å². The van der Waals surface area contributed by atoms with Gasteiger partial charge in [-0.2, -0.15) is 0 Å². The standard InChI is InChI=1S/C12H23N/c1-8(13)10-7-9-5-6-12(10,4)11(9,2)3/h8-10H,5-7,13H2,1-4H3/t8-,9-,10-,12+/m0/s1.